The van der Waals surface area contributed by atoms with Crippen molar-refractivity contribution in [1.29, 1.82) is 0 Å². The Balaban J connectivity index is 1.42. The second-order valence-electron chi connectivity index (χ2n) is 6.59. The summed E-state index contributed by atoms with van der Waals surface area (Å²) in [7, 11) is 0. The molecule has 2 aliphatic heterocycles. The lowest BCUT2D eigenvalue weighted by atomic mass is 10.2. The van der Waals surface area contributed by atoms with Gasteiger partial charge in [-0.15, -0.1) is 5.10 Å². The monoisotopic (exact) mass is 363 g/mol. The van der Waals surface area contributed by atoms with Crippen molar-refractivity contribution in [1.82, 2.24) is 25.2 Å². The zero-order valence-electron chi connectivity index (χ0n) is 14.8. The summed E-state index contributed by atoms with van der Waals surface area (Å²) in [6.45, 7) is 1.96. The van der Waals surface area contributed by atoms with Crippen LogP contribution in [-0.2, 0) is 22.6 Å². The Kier molecular flexibility index (Phi) is 6.21. The van der Waals surface area contributed by atoms with Gasteiger partial charge in [-0.3, -0.25) is 14.4 Å². The van der Waals surface area contributed by atoms with E-state index in [-0.39, 0.29) is 31.2 Å². The fourth-order valence-electron chi connectivity index (χ4n) is 3.26. The average Bonchev–Trinajstić information content (AvgIpc) is 3.33. The fourth-order valence-corrected chi connectivity index (χ4v) is 3.26. The first-order valence-corrected chi connectivity index (χ1v) is 9.15. The highest BCUT2D eigenvalue weighted by Gasteiger charge is 2.41. The predicted octanol–water partition coefficient (Wildman–Crippen LogP) is 0.945. The number of carbonyl (C=O) groups excluding carboxylic acids is 2. The van der Waals surface area contributed by atoms with E-state index < -0.39 is 0 Å². The van der Waals surface area contributed by atoms with Crippen LogP contribution in [-0.4, -0.2) is 56.2 Å². The first-order valence-electron chi connectivity index (χ1n) is 9.15. The lowest BCUT2D eigenvalue weighted by molar-refractivity contribution is -0.116. The second kappa shape index (κ2) is 8.79. The van der Waals surface area contributed by atoms with Gasteiger partial charge in [-0.05, 0) is 25.7 Å². The minimum atomic E-state index is -0.367. The maximum atomic E-state index is 12.1. The summed E-state index contributed by atoms with van der Waals surface area (Å²) in [5.74, 6) is 0.122. The summed E-state index contributed by atoms with van der Waals surface area (Å²) >= 11 is 0. The molecule has 2 saturated heterocycles. The number of aryl methyl sites for hydroxylation is 1. The minimum Gasteiger partial charge on any atom is -0.412 e. The number of aliphatic hydroxyl groups is 1. The van der Waals surface area contributed by atoms with Gasteiger partial charge >= 0.3 is 6.09 Å². The number of fused-ring (bicyclic) bond motifs is 1. The quantitative estimate of drug-likeness (QED) is 0.499. The molecule has 26 heavy (non-hydrogen) atoms. The van der Waals surface area contributed by atoms with Gasteiger partial charge in [0, 0.05) is 25.8 Å². The molecule has 2 N–H and O–H groups in total. The van der Waals surface area contributed by atoms with Crippen molar-refractivity contribution in [2.45, 2.75) is 57.7 Å². The van der Waals surface area contributed by atoms with E-state index in [4.69, 9.17) is 9.84 Å². The molecule has 1 aromatic heterocycles. The maximum absolute atomic E-state index is 12.1. The molecule has 0 spiro atoms. The number of cyclic esters (lactones) is 1. The molecule has 3 rings (SSSR count). The van der Waals surface area contributed by atoms with Crippen LogP contribution in [0.25, 0.3) is 0 Å². The topological polar surface area (TPSA) is 110 Å². The van der Waals surface area contributed by atoms with Crippen LogP contribution >= 0.6 is 0 Å². The first-order chi connectivity index (χ1) is 12.7. The summed E-state index contributed by atoms with van der Waals surface area (Å²) in [5.41, 5.74) is 0.679. The van der Waals surface area contributed by atoms with E-state index in [2.05, 4.69) is 15.6 Å². The van der Waals surface area contributed by atoms with Gasteiger partial charge < -0.3 is 15.2 Å². The van der Waals surface area contributed by atoms with E-state index in [1.165, 1.54) is 6.08 Å². The van der Waals surface area contributed by atoms with E-state index in [1.54, 1.807) is 9.58 Å². The first kappa shape index (κ1) is 18.4. The highest BCUT2D eigenvalue weighted by Crippen LogP contribution is 2.31. The number of nitrogens with zero attached hydrogens (tertiary/aromatic N) is 4. The van der Waals surface area contributed by atoms with Crippen LogP contribution in [0.5, 0.6) is 0 Å². The summed E-state index contributed by atoms with van der Waals surface area (Å²) in [4.78, 5) is 25.4. The third kappa shape index (κ3) is 4.60. The predicted molar refractivity (Wildman–Crippen MR) is 91.7 cm³/mol. The van der Waals surface area contributed by atoms with Crippen LogP contribution in [0.2, 0.25) is 0 Å². The minimum absolute atomic E-state index is 0.0973. The van der Waals surface area contributed by atoms with Gasteiger partial charge in [-0.2, -0.15) is 0 Å². The van der Waals surface area contributed by atoms with Crippen molar-refractivity contribution in [2.75, 3.05) is 13.2 Å². The third-order valence-electron chi connectivity index (χ3n) is 4.62. The van der Waals surface area contributed by atoms with Gasteiger partial charge in [0.1, 0.15) is 11.5 Å². The molecule has 0 aromatic carbocycles. The van der Waals surface area contributed by atoms with Gasteiger partial charge in [0.05, 0.1) is 18.8 Å². The number of ether oxygens (including phenoxy) is 1. The summed E-state index contributed by atoms with van der Waals surface area (Å²) in [5, 5.41) is 19.6. The molecular formula is C17H25N5O4. The fraction of sp³-hybridized carbons (Fsp3) is 0.647. The van der Waals surface area contributed by atoms with E-state index in [9.17, 15) is 9.59 Å². The van der Waals surface area contributed by atoms with Crippen molar-refractivity contribution in [3.05, 3.63) is 23.7 Å². The molecular weight excluding hydrogens is 338 g/mol. The molecule has 2 fully saturated rings. The Labute approximate surface area is 152 Å². The van der Waals surface area contributed by atoms with Crippen LogP contribution in [0.4, 0.5) is 4.79 Å². The number of carbonyl (C=O) groups is 2. The van der Waals surface area contributed by atoms with Gasteiger partial charge in [0.25, 0.3) is 0 Å². The number of unbranched alkanes of at least 4 members (excludes halogenated alkanes) is 3. The number of hydrogen-bond acceptors (Lipinski definition) is 6. The molecule has 1 aromatic rings. The summed E-state index contributed by atoms with van der Waals surface area (Å²) in [6, 6.07) is -0.0973. The molecule has 9 nitrogen and oxygen atoms in total. The standard InChI is InChI=1S/C17H25N5O4/c23-9-4-2-1-3-7-21-12-13(19-20-21)11-18-16(24)10-15-14-6-5-8-22(14)17(25)26-15/h10,12,14,23H,1-9,11H2,(H,18,24)/b15-10-/t14-/m0/s1. The van der Waals surface area contributed by atoms with Gasteiger partial charge in [-0.1, -0.05) is 18.1 Å². The highest BCUT2D eigenvalue weighted by molar-refractivity contribution is 5.89. The number of nitrogens with one attached hydrogen (secondary N) is 1. The Morgan fingerprint density at radius 3 is 3.08 bits per heavy atom. The van der Waals surface area contributed by atoms with Crippen molar-refractivity contribution in [3.8, 4) is 0 Å². The molecule has 2 amide bonds. The molecule has 1 atom stereocenters. The number of aromatic nitrogens is 3. The molecule has 0 saturated carbocycles. The largest absolute Gasteiger partial charge is 0.415 e. The molecule has 0 bridgehead atoms. The Morgan fingerprint density at radius 1 is 1.38 bits per heavy atom. The average molecular weight is 363 g/mol. The van der Waals surface area contributed by atoms with E-state index in [1.807, 2.05) is 6.20 Å². The number of rotatable bonds is 9. The maximum Gasteiger partial charge on any atom is 0.415 e. The molecule has 0 radical (unpaired) electrons. The van der Waals surface area contributed by atoms with Crippen LogP contribution in [0, 0.1) is 0 Å². The van der Waals surface area contributed by atoms with Crippen molar-refractivity contribution >= 4 is 12.0 Å². The Bertz CT molecular complexity index is 672. The zero-order chi connectivity index (χ0) is 18.4. The molecule has 142 valence electrons. The summed E-state index contributed by atoms with van der Waals surface area (Å²) in [6.07, 6.45) is 8.42. The van der Waals surface area contributed by atoms with E-state index in [0.717, 1.165) is 45.1 Å². The molecule has 0 aliphatic carbocycles. The van der Waals surface area contributed by atoms with E-state index >= 15 is 0 Å². The number of hydrogen-bond donors (Lipinski definition) is 2. The van der Waals surface area contributed by atoms with Crippen molar-refractivity contribution in [2.24, 2.45) is 0 Å². The van der Waals surface area contributed by atoms with Crippen LogP contribution in [0.1, 0.15) is 44.2 Å². The van der Waals surface area contributed by atoms with Crippen LogP contribution < -0.4 is 5.32 Å². The number of amides is 2. The number of aliphatic hydroxyl groups excluding tert-OH is 1. The van der Waals surface area contributed by atoms with E-state index in [0.29, 0.717) is 18.0 Å². The lowest BCUT2D eigenvalue weighted by Crippen LogP contribution is -2.27. The molecule has 3 heterocycles. The molecule has 0 unspecified atom stereocenters. The van der Waals surface area contributed by atoms with Crippen LogP contribution in [0.3, 0.4) is 0 Å². The highest BCUT2D eigenvalue weighted by atomic mass is 16.6. The zero-order valence-corrected chi connectivity index (χ0v) is 14.8. The van der Waals surface area contributed by atoms with Gasteiger partial charge in [-0.25, -0.2) is 4.79 Å². The summed E-state index contributed by atoms with van der Waals surface area (Å²) < 4.78 is 6.92. The van der Waals surface area contributed by atoms with Gasteiger partial charge in [0.2, 0.25) is 5.91 Å². The van der Waals surface area contributed by atoms with Crippen molar-refractivity contribution in [3.63, 3.8) is 0 Å². The lowest BCUT2D eigenvalue weighted by Gasteiger charge is -2.09. The molecule has 9 heteroatoms. The Morgan fingerprint density at radius 2 is 2.23 bits per heavy atom. The third-order valence-corrected chi connectivity index (χ3v) is 4.62. The second-order valence-corrected chi connectivity index (χ2v) is 6.59. The smallest absolute Gasteiger partial charge is 0.412 e. The SMILES string of the molecule is O=C(/C=C1\OC(=O)N2CCC[C@@H]12)NCc1cn(CCCCCCO)nn1. The Hall–Kier alpha value is -2.42. The normalized spacial score (nSPS) is 20.5. The van der Waals surface area contributed by atoms with Crippen molar-refractivity contribution < 1.29 is 19.4 Å². The van der Waals surface area contributed by atoms with Gasteiger partial charge in [0.15, 0.2) is 0 Å². The molecule has 2 aliphatic rings. The van der Waals surface area contributed by atoms with Crippen LogP contribution in [0.15, 0.2) is 18.0 Å².